The summed E-state index contributed by atoms with van der Waals surface area (Å²) in [6, 6.07) is 7.98. The summed E-state index contributed by atoms with van der Waals surface area (Å²) >= 11 is 0. The van der Waals surface area contributed by atoms with E-state index in [1.165, 1.54) is 0 Å². The molecule has 2 aromatic rings. The van der Waals surface area contributed by atoms with Crippen molar-refractivity contribution >= 4 is 0 Å². The SMILES string of the molecule is CCOc1cccc(-c2cc(C(F)(F)F)cc(=O)[nH]2)c1. The van der Waals surface area contributed by atoms with Crippen LogP contribution in [-0.4, -0.2) is 11.6 Å². The molecule has 1 heterocycles. The zero-order valence-corrected chi connectivity index (χ0v) is 10.6. The Labute approximate surface area is 113 Å². The van der Waals surface area contributed by atoms with E-state index in [1.54, 1.807) is 31.2 Å². The van der Waals surface area contributed by atoms with Crippen LogP contribution in [0.25, 0.3) is 11.3 Å². The Hall–Kier alpha value is -2.24. The number of hydrogen-bond acceptors (Lipinski definition) is 2. The van der Waals surface area contributed by atoms with E-state index >= 15 is 0 Å². The standard InChI is InChI=1S/C14H12F3NO2/c1-2-20-11-5-3-4-9(6-11)12-7-10(14(15,16)17)8-13(19)18-12/h3-8H,2H2,1H3,(H,18,19). The van der Waals surface area contributed by atoms with E-state index in [0.717, 1.165) is 6.07 Å². The Bertz CT molecular complexity index is 662. The van der Waals surface area contributed by atoms with Crippen molar-refractivity contribution in [2.45, 2.75) is 13.1 Å². The first kappa shape index (κ1) is 14.2. The third kappa shape index (κ3) is 3.20. The number of pyridine rings is 1. The summed E-state index contributed by atoms with van der Waals surface area (Å²) in [7, 11) is 0. The summed E-state index contributed by atoms with van der Waals surface area (Å²) in [6.07, 6.45) is -4.56. The van der Waals surface area contributed by atoms with Crippen molar-refractivity contribution in [3.05, 3.63) is 52.3 Å². The normalized spacial score (nSPS) is 11.4. The maximum Gasteiger partial charge on any atom is 0.416 e. The molecule has 0 spiro atoms. The Morgan fingerprint density at radius 3 is 2.60 bits per heavy atom. The fraction of sp³-hybridized carbons (Fsp3) is 0.214. The van der Waals surface area contributed by atoms with Gasteiger partial charge in [0.15, 0.2) is 0 Å². The number of halogens is 3. The molecule has 0 saturated heterocycles. The van der Waals surface area contributed by atoms with Crippen molar-refractivity contribution < 1.29 is 17.9 Å². The molecule has 1 aromatic carbocycles. The van der Waals surface area contributed by atoms with Gasteiger partial charge in [0.1, 0.15) is 5.75 Å². The van der Waals surface area contributed by atoms with E-state index in [-0.39, 0.29) is 5.69 Å². The van der Waals surface area contributed by atoms with Crippen LogP contribution < -0.4 is 10.3 Å². The molecular weight excluding hydrogens is 271 g/mol. The maximum absolute atomic E-state index is 12.7. The third-order valence-corrected chi connectivity index (χ3v) is 2.63. The van der Waals surface area contributed by atoms with Gasteiger partial charge in [0.2, 0.25) is 5.56 Å². The summed E-state index contributed by atoms with van der Waals surface area (Å²) in [5, 5.41) is 0. The maximum atomic E-state index is 12.7. The number of H-pyrrole nitrogens is 1. The molecule has 0 radical (unpaired) electrons. The molecule has 0 bridgehead atoms. The number of benzene rings is 1. The lowest BCUT2D eigenvalue weighted by Gasteiger charge is -2.09. The monoisotopic (exact) mass is 283 g/mol. The van der Waals surface area contributed by atoms with Gasteiger partial charge >= 0.3 is 6.18 Å². The zero-order valence-electron chi connectivity index (χ0n) is 10.6. The Kier molecular flexibility index (Phi) is 3.83. The molecule has 1 aromatic heterocycles. The average Bonchev–Trinajstić information content (AvgIpc) is 2.38. The van der Waals surface area contributed by atoms with Crippen LogP contribution in [0.2, 0.25) is 0 Å². The van der Waals surface area contributed by atoms with Gasteiger partial charge in [-0.25, -0.2) is 0 Å². The summed E-state index contributed by atoms with van der Waals surface area (Å²) in [6.45, 7) is 2.25. The molecule has 0 unspecified atom stereocenters. The Morgan fingerprint density at radius 2 is 1.95 bits per heavy atom. The highest BCUT2D eigenvalue weighted by atomic mass is 19.4. The molecule has 1 N–H and O–H groups in total. The molecule has 0 saturated carbocycles. The largest absolute Gasteiger partial charge is 0.494 e. The predicted molar refractivity (Wildman–Crippen MR) is 68.7 cm³/mol. The lowest BCUT2D eigenvalue weighted by Crippen LogP contribution is -2.13. The topological polar surface area (TPSA) is 42.1 Å². The first-order valence-electron chi connectivity index (χ1n) is 5.95. The molecular formula is C14H12F3NO2. The Morgan fingerprint density at radius 1 is 1.20 bits per heavy atom. The number of hydrogen-bond donors (Lipinski definition) is 1. The number of aromatic amines is 1. The van der Waals surface area contributed by atoms with Crippen LogP contribution in [0.15, 0.2) is 41.2 Å². The number of nitrogens with one attached hydrogen (secondary N) is 1. The van der Waals surface area contributed by atoms with Gasteiger partial charge in [0.05, 0.1) is 12.2 Å². The molecule has 0 aliphatic rings. The minimum absolute atomic E-state index is 0.103. The van der Waals surface area contributed by atoms with Gasteiger partial charge in [0.25, 0.3) is 0 Å². The van der Waals surface area contributed by atoms with Crippen molar-refractivity contribution in [2.75, 3.05) is 6.61 Å². The van der Waals surface area contributed by atoms with Crippen LogP contribution in [-0.2, 0) is 6.18 Å². The molecule has 0 amide bonds. The van der Waals surface area contributed by atoms with Crippen molar-refractivity contribution in [2.24, 2.45) is 0 Å². The summed E-state index contributed by atoms with van der Waals surface area (Å²) in [5.41, 5.74) is -1.21. The molecule has 3 nitrogen and oxygen atoms in total. The van der Waals surface area contributed by atoms with E-state index in [4.69, 9.17) is 4.74 Å². The van der Waals surface area contributed by atoms with Crippen molar-refractivity contribution in [1.29, 1.82) is 0 Å². The highest BCUT2D eigenvalue weighted by molar-refractivity contribution is 5.61. The van der Waals surface area contributed by atoms with E-state index in [2.05, 4.69) is 4.98 Å². The number of ether oxygens (including phenoxy) is 1. The van der Waals surface area contributed by atoms with Crippen LogP contribution in [0.3, 0.4) is 0 Å². The summed E-state index contributed by atoms with van der Waals surface area (Å²) < 4.78 is 43.3. The molecule has 106 valence electrons. The average molecular weight is 283 g/mol. The second-order valence-electron chi connectivity index (χ2n) is 4.11. The van der Waals surface area contributed by atoms with Gasteiger partial charge in [-0.2, -0.15) is 13.2 Å². The van der Waals surface area contributed by atoms with Gasteiger partial charge < -0.3 is 9.72 Å². The van der Waals surface area contributed by atoms with E-state index < -0.39 is 17.3 Å². The molecule has 2 rings (SSSR count). The number of aromatic nitrogens is 1. The van der Waals surface area contributed by atoms with Crippen LogP contribution >= 0.6 is 0 Å². The quantitative estimate of drug-likeness (QED) is 0.937. The van der Waals surface area contributed by atoms with E-state index in [9.17, 15) is 18.0 Å². The fourth-order valence-corrected chi connectivity index (χ4v) is 1.78. The van der Waals surface area contributed by atoms with Crippen molar-refractivity contribution in [3.63, 3.8) is 0 Å². The fourth-order valence-electron chi connectivity index (χ4n) is 1.78. The second kappa shape index (κ2) is 5.40. The minimum Gasteiger partial charge on any atom is -0.494 e. The van der Waals surface area contributed by atoms with Gasteiger partial charge in [-0.3, -0.25) is 4.79 Å². The highest BCUT2D eigenvalue weighted by Gasteiger charge is 2.31. The van der Waals surface area contributed by atoms with Gasteiger partial charge in [-0.15, -0.1) is 0 Å². The van der Waals surface area contributed by atoms with Crippen molar-refractivity contribution in [3.8, 4) is 17.0 Å². The van der Waals surface area contributed by atoms with Gasteiger partial charge in [-0.1, -0.05) is 12.1 Å². The van der Waals surface area contributed by atoms with Crippen LogP contribution in [0.4, 0.5) is 13.2 Å². The lowest BCUT2D eigenvalue weighted by molar-refractivity contribution is -0.137. The molecule has 0 aliphatic carbocycles. The first-order valence-corrected chi connectivity index (χ1v) is 5.95. The Balaban J connectivity index is 2.50. The van der Waals surface area contributed by atoms with E-state index in [0.29, 0.717) is 24.0 Å². The molecule has 0 atom stereocenters. The zero-order chi connectivity index (χ0) is 14.8. The lowest BCUT2D eigenvalue weighted by atomic mass is 10.1. The van der Waals surface area contributed by atoms with Crippen LogP contribution in [0.1, 0.15) is 12.5 Å². The highest BCUT2D eigenvalue weighted by Crippen LogP contribution is 2.31. The molecule has 6 heteroatoms. The van der Waals surface area contributed by atoms with Crippen molar-refractivity contribution in [1.82, 2.24) is 4.98 Å². The third-order valence-electron chi connectivity index (χ3n) is 2.63. The molecule has 0 aliphatic heterocycles. The van der Waals surface area contributed by atoms with E-state index in [1.807, 2.05) is 0 Å². The minimum atomic E-state index is -4.56. The predicted octanol–water partition coefficient (Wildman–Crippen LogP) is 3.46. The number of rotatable bonds is 3. The summed E-state index contributed by atoms with van der Waals surface area (Å²) in [5.74, 6) is 0.531. The summed E-state index contributed by atoms with van der Waals surface area (Å²) in [4.78, 5) is 13.7. The van der Waals surface area contributed by atoms with Crippen LogP contribution in [0, 0.1) is 0 Å². The van der Waals surface area contributed by atoms with Gasteiger partial charge in [-0.05, 0) is 25.1 Å². The van der Waals surface area contributed by atoms with Gasteiger partial charge in [0, 0.05) is 17.3 Å². The number of alkyl halides is 3. The second-order valence-corrected chi connectivity index (χ2v) is 4.11. The smallest absolute Gasteiger partial charge is 0.416 e. The van der Waals surface area contributed by atoms with Crippen LogP contribution in [0.5, 0.6) is 5.75 Å². The first-order chi connectivity index (χ1) is 9.40. The molecule has 0 fully saturated rings. The molecule has 20 heavy (non-hydrogen) atoms.